The third kappa shape index (κ3) is 5.96. The Morgan fingerprint density at radius 1 is 1.15 bits per heavy atom. The van der Waals surface area contributed by atoms with Crippen molar-refractivity contribution in [2.24, 2.45) is 5.92 Å². The van der Waals surface area contributed by atoms with Gasteiger partial charge < -0.3 is 19.4 Å². The summed E-state index contributed by atoms with van der Waals surface area (Å²) in [4.78, 5) is 26.7. The Balaban J connectivity index is 1.39. The molecule has 2 aromatic carbocycles. The Kier molecular flexibility index (Phi) is 7.04. The van der Waals surface area contributed by atoms with Crippen molar-refractivity contribution in [1.29, 1.82) is 0 Å². The van der Waals surface area contributed by atoms with E-state index < -0.39 is 0 Å². The van der Waals surface area contributed by atoms with Gasteiger partial charge in [0.05, 0.1) is 0 Å². The maximum atomic E-state index is 12.4. The van der Waals surface area contributed by atoms with Crippen LogP contribution in [0.25, 0.3) is 11.3 Å². The van der Waals surface area contributed by atoms with Crippen LogP contribution in [0.15, 0.2) is 59.0 Å². The first-order valence-electron chi connectivity index (χ1n) is 11.1. The summed E-state index contributed by atoms with van der Waals surface area (Å²) in [5.41, 5.74) is 2.56. The number of nitrogens with one attached hydrogen (secondary N) is 1. The van der Waals surface area contributed by atoms with Gasteiger partial charge in [-0.3, -0.25) is 9.59 Å². The normalized spacial score (nSPS) is 13.0. The summed E-state index contributed by atoms with van der Waals surface area (Å²) in [6.45, 7) is 5.25. The van der Waals surface area contributed by atoms with Crippen LogP contribution >= 0.6 is 11.6 Å². The summed E-state index contributed by atoms with van der Waals surface area (Å²) in [6.07, 6.45) is 1.27. The van der Waals surface area contributed by atoms with Gasteiger partial charge in [-0.25, -0.2) is 0 Å². The number of ether oxygens (including phenoxy) is 1. The Bertz CT molecular complexity index is 1140. The lowest BCUT2D eigenvalue weighted by atomic mass is 10.0. The SMILES string of the molecule is CC(C)CC(=O)N1CCc2oc(-c3cccc(NC(=O)COc4ccc(Cl)cc4)c3)cc2C1. The summed E-state index contributed by atoms with van der Waals surface area (Å²) in [7, 11) is 0. The van der Waals surface area contributed by atoms with Gasteiger partial charge in [0.15, 0.2) is 6.61 Å². The van der Waals surface area contributed by atoms with Gasteiger partial charge in [-0.2, -0.15) is 0 Å². The molecule has 0 aliphatic carbocycles. The highest BCUT2D eigenvalue weighted by Gasteiger charge is 2.24. The fourth-order valence-corrected chi connectivity index (χ4v) is 3.92. The van der Waals surface area contributed by atoms with Crippen LogP contribution in [0.3, 0.4) is 0 Å². The zero-order chi connectivity index (χ0) is 23.4. The predicted molar refractivity (Wildman–Crippen MR) is 128 cm³/mol. The van der Waals surface area contributed by atoms with Crippen molar-refractivity contribution in [2.75, 3.05) is 18.5 Å². The molecule has 0 atom stereocenters. The minimum atomic E-state index is -0.264. The van der Waals surface area contributed by atoms with Gasteiger partial charge in [0.25, 0.3) is 5.91 Å². The number of fused-ring (bicyclic) bond motifs is 1. The Morgan fingerprint density at radius 2 is 1.94 bits per heavy atom. The monoisotopic (exact) mass is 466 g/mol. The fraction of sp³-hybridized carbons (Fsp3) is 0.308. The number of anilines is 1. The molecule has 0 radical (unpaired) electrons. The quantitative estimate of drug-likeness (QED) is 0.495. The van der Waals surface area contributed by atoms with Gasteiger partial charge in [-0.15, -0.1) is 0 Å². The third-order valence-electron chi connectivity index (χ3n) is 5.42. The van der Waals surface area contributed by atoms with Crippen LogP contribution in [0.2, 0.25) is 5.02 Å². The second-order valence-electron chi connectivity index (χ2n) is 8.59. The largest absolute Gasteiger partial charge is 0.484 e. The molecule has 0 spiro atoms. The molecule has 0 unspecified atom stereocenters. The number of carbonyl (C=O) groups is 2. The Hall–Kier alpha value is -3.25. The topological polar surface area (TPSA) is 71.8 Å². The van der Waals surface area contributed by atoms with E-state index in [1.165, 1.54) is 0 Å². The van der Waals surface area contributed by atoms with Crippen molar-refractivity contribution in [3.8, 4) is 17.1 Å². The second kappa shape index (κ2) is 10.1. The van der Waals surface area contributed by atoms with E-state index in [2.05, 4.69) is 19.2 Å². The van der Waals surface area contributed by atoms with E-state index in [9.17, 15) is 9.59 Å². The van der Waals surface area contributed by atoms with Crippen molar-refractivity contribution in [1.82, 2.24) is 4.90 Å². The lowest BCUT2D eigenvalue weighted by molar-refractivity contribution is -0.133. The number of hydrogen-bond acceptors (Lipinski definition) is 4. The van der Waals surface area contributed by atoms with Crippen LogP contribution in [-0.4, -0.2) is 29.9 Å². The molecule has 33 heavy (non-hydrogen) atoms. The van der Waals surface area contributed by atoms with Gasteiger partial charge >= 0.3 is 0 Å². The first kappa shape index (κ1) is 22.9. The molecule has 1 N–H and O–H groups in total. The molecule has 0 fully saturated rings. The van der Waals surface area contributed by atoms with Crippen molar-refractivity contribution < 1.29 is 18.7 Å². The van der Waals surface area contributed by atoms with Gasteiger partial charge in [0, 0.05) is 47.8 Å². The number of furan rings is 1. The van der Waals surface area contributed by atoms with E-state index >= 15 is 0 Å². The molecule has 1 aliphatic heterocycles. The highest BCUT2D eigenvalue weighted by atomic mass is 35.5. The molecule has 0 bridgehead atoms. The lowest BCUT2D eigenvalue weighted by Crippen LogP contribution is -2.35. The molecule has 2 heterocycles. The molecule has 172 valence electrons. The predicted octanol–water partition coefficient (Wildman–Crippen LogP) is 5.55. The van der Waals surface area contributed by atoms with Gasteiger partial charge in [0.2, 0.25) is 5.91 Å². The highest BCUT2D eigenvalue weighted by Crippen LogP contribution is 2.31. The first-order valence-corrected chi connectivity index (χ1v) is 11.4. The maximum absolute atomic E-state index is 12.4. The molecule has 0 saturated heterocycles. The van der Waals surface area contributed by atoms with Crippen LogP contribution in [0, 0.1) is 5.92 Å². The summed E-state index contributed by atoms with van der Waals surface area (Å²) >= 11 is 5.86. The Labute approximate surface area is 198 Å². The molecular weight excluding hydrogens is 440 g/mol. The number of nitrogens with zero attached hydrogens (tertiary/aromatic N) is 1. The first-order chi connectivity index (χ1) is 15.9. The number of halogens is 1. The van der Waals surface area contributed by atoms with E-state index in [-0.39, 0.29) is 18.4 Å². The van der Waals surface area contributed by atoms with E-state index in [1.54, 1.807) is 24.3 Å². The number of rotatable bonds is 7. The molecule has 1 aromatic heterocycles. The number of amides is 2. The van der Waals surface area contributed by atoms with E-state index in [0.717, 1.165) is 22.6 Å². The molecule has 7 heteroatoms. The summed E-state index contributed by atoms with van der Waals surface area (Å²) in [6, 6.07) is 16.3. The molecule has 6 nitrogen and oxygen atoms in total. The summed E-state index contributed by atoms with van der Waals surface area (Å²) in [5, 5.41) is 3.46. The summed E-state index contributed by atoms with van der Waals surface area (Å²) < 4.78 is 11.6. The van der Waals surface area contributed by atoms with E-state index in [1.807, 2.05) is 35.2 Å². The average Bonchev–Trinajstić information content (AvgIpc) is 3.22. The van der Waals surface area contributed by atoms with Gasteiger partial charge in [-0.05, 0) is 48.4 Å². The molecule has 3 aromatic rings. The van der Waals surface area contributed by atoms with E-state index in [0.29, 0.717) is 48.3 Å². The average molecular weight is 467 g/mol. The zero-order valence-corrected chi connectivity index (χ0v) is 19.5. The van der Waals surface area contributed by atoms with Gasteiger partial charge in [0.1, 0.15) is 17.3 Å². The lowest BCUT2D eigenvalue weighted by Gasteiger charge is -2.26. The third-order valence-corrected chi connectivity index (χ3v) is 5.67. The van der Waals surface area contributed by atoms with Crippen LogP contribution in [0.1, 0.15) is 31.6 Å². The number of carbonyl (C=O) groups excluding carboxylic acids is 2. The highest BCUT2D eigenvalue weighted by molar-refractivity contribution is 6.30. The molecule has 1 aliphatic rings. The van der Waals surface area contributed by atoms with E-state index in [4.69, 9.17) is 20.8 Å². The smallest absolute Gasteiger partial charge is 0.262 e. The molecule has 2 amide bonds. The summed E-state index contributed by atoms with van der Waals surface area (Å²) in [5.74, 6) is 2.49. The van der Waals surface area contributed by atoms with Crippen molar-refractivity contribution >= 4 is 29.1 Å². The van der Waals surface area contributed by atoms with Crippen molar-refractivity contribution in [2.45, 2.75) is 33.2 Å². The van der Waals surface area contributed by atoms with Crippen LogP contribution in [0.4, 0.5) is 5.69 Å². The van der Waals surface area contributed by atoms with Crippen molar-refractivity contribution in [3.05, 3.63) is 70.9 Å². The Morgan fingerprint density at radius 3 is 2.70 bits per heavy atom. The standard InChI is InChI=1S/C26H27ClN2O4/c1-17(2)12-26(31)29-11-10-23-19(15-29)14-24(33-23)18-4-3-5-21(13-18)28-25(30)16-32-22-8-6-20(27)7-9-22/h3-9,13-14,17H,10-12,15-16H2,1-2H3,(H,28,30). The molecular formula is C26H27ClN2O4. The van der Waals surface area contributed by atoms with Crippen LogP contribution < -0.4 is 10.1 Å². The fourth-order valence-electron chi connectivity index (χ4n) is 3.79. The van der Waals surface area contributed by atoms with Gasteiger partial charge in [-0.1, -0.05) is 37.6 Å². The molecule has 4 rings (SSSR count). The minimum absolute atomic E-state index is 0.110. The zero-order valence-electron chi connectivity index (χ0n) is 18.8. The maximum Gasteiger partial charge on any atom is 0.262 e. The second-order valence-corrected chi connectivity index (χ2v) is 9.03. The number of hydrogen-bond donors (Lipinski definition) is 1. The molecule has 0 saturated carbocycles. The van der Waals surface area contributed by atoms with Crippen LogP contribution in [0.5, 0.6) is 5.75 Å². The van der Waals surface area contributed by atoms with Crippen LogP contribution in [-0.2, 0) is 22.6 Å². The number of benzene rings is 2. The minimum Gasteiger partial charge on any atom is -0.484 e. The van der Waals surface area contributed by atoms with Crippen molar-refractivity contribution in [3.63, 3.8) is 0 Å².